The van der Waals surface area contributed by atoms with Crippen molar-refractivity contribution < 1.29 is 4.74 Å². The molecule has 0 amide bonds. The summed E-state index contributed by atoms with van der Waals surface area (Å²) in [5.74, 6) is 1.35. The molecule has 2 atom stereocenters. The third-order valence-corrected chi connectivity index (χ3v) is 14.3. The lowest BCUT2D eigenvalue weighted by Crippen LogP contribution is -2.13. The molecule has 13 rings (SSSR count). The molecule has 0 N–H and O–H groups in total. The Morgan fingerprint density at radius 2 is 0.957 bits per heavy atom. The number of hydrogen-bond donors (Lipinski definition) is 0. The van der Waals surface area contributed by atoms with Gasteiger partial charge in [0.1, 0.15) is 11.9 Å². The normalized spacial score (nSPS) is 16.0. The standard InChI is InChI=1S/C66H48N2O/c1-2-16-45(17-3-1)46-32-34-47(35-33-46)48-36-40-52(41-37-48)67(53-42-38-49(39-43-53)56-25-15-26-60-59-24-8-13-31-65(59)69-66(56)60)61-27-9-4-20-54(61)50-18-14-19-51(44-50)55-21-5-10-28-62(55)68-63-29-11-6-22-57(63)58-23-7-12-30-64(58)68/h1-14,16-24,26-44,59,65H,15,25H2. The molecule has 2 heterocycles. The van der Waals surface area contributed by atoms with Crippen LogP contribution in [0, 0.1) is 5.92 Å². The molecule has 0 spiro atoms. The maximum atomic E-state index is 6.66. The molecule has 3 nitrogen and oxygen atoms in total. The Balaban J connectivity index is 0.907. The van der Waals surface area contributed by atoms with Gasteiger partial charge in [-0.25, -0.2) is 0 Å². The number of rotatable bonds is 9. The lowest BCUT2D eigenvalue weighted by molar-refractivity contribution is 0.185. The summed E-state index contributed by atoms with van der Waals surface area (Å²) < 4.78 is 9.09. The van der Waals surface area contributed by atoms with Gasteiger partial charge in [-0.2, -0.15) is 0 Å². The van der Waals surface area contributed by atoms with Crippen LogP contribution in [-0.2, 0) is 4.74 Å². The lowest BCUT2D eigenvalue weighted by Gasteiger charge is -2.28. The Labute approximate surface area is 403 Å². The predicted molar refractivity (Wildman–Crippen MR) is 288 cm³/mol. The summed E-state index contributed by atoms with van der Waals surface area (Å²) in [7, 11) is 0. The third kappa shape index (κ3) is 7.22. The molecule has 1 fully saturated rings. The fraction of sp³-hybridized carbons (Fsp3) is 0.0606. The number of para-hydroxylation sites is 4. The largest absolute Gasteiger partial charge is 0.485 e. The third-order valence-electron chi connectivity index (χ3n) is 14.3. The van der Waals surface area contributed by atoms with Gasteiger partial charge >= 0.3 is 0 Å². The van der Waals surface area contributed by atoms with E-state index in [1.54, 1.807) is 0 Å². The zero-order chi connectivity index (χ0) is 45.7. The quantitative estimate of drug-likeness (QED) is 0.144. The summed E-state index contributed by atoms with van der Waals surface area (Å²) in [6.45, 7) is 0. The van der Waals surface area contributed by atoms with E-state index in [-0.39, 0.29) is 12.0 Å². The number of hydrogen-bond acceptors (Lipinski definition) is 2. The number of allylic oxidation sites excluding steroid dienone is 5. The number of benzene rings is 9. The molecule has 10 aromatic rings. The van der Waals surface area contributed by atoms with Crippen LogP contribution in [0.2, 0.25) is 0 Å². The topological polar surface area (TPSA) is 17.4 Å². The highest BCUT2D eigenvalue weighted by Crippen LogP contribution is 2.48. The molecular formula is C66H48N2O. The van der Waals surface area contributed by atoms with Gasteiger partial charge in [-0.05, 0) is 112 Å². The minimum Gasteiger partial charge on any atom is -0.485 e. The second-order valence-corrected chi connectivity index (χ2v) is 18.2. The molecule has 1 aliphatic heterocycles. The SMILES string of the molecule is C1=CC2OC3=C(c4ccc(N(c5ccc(-c6ccc(-c7ccccc7)cc6)cc5)c5ccccc5-c5cccc(-c6ccccc6-n6c7ccccc7c7ccccc76)c5)cc4)CCC=C3C2C=C1. The Morgan fingerprint density at radius 3 is 1.65 bits per heavy atom. The average molecular weight is 885 g/mol. The van der Waals surface area contributed by atoms with Crippen molar-refractivity contribution in [2.75, 3.05) is 4.90 Å². The van der Waals surface area contributed by atoms with E-state index in [1.807, 2.05) is 0 Å². The van der Waals surface area contributed by atoms with Crippen LogP contribution in [0.1, 0.15) is 18.4 Å². The van der Waals surface area contributed by atoms with Gasteiger partial charge in [-0.15, -0.1) is 0 Å². The van der Waals surface area contributed by atoms with Crippen molar-refractivity contribution in [1.29, 1.82) is 0 Å². The molecule has 9 aromatic carbocycles. The van der Waals surface area contributed by atoms with Crippen LogP contribution in [0.25, 0.3) is 77.6 Å². The van der Waals surface area contributed by atoms with Crippen molar-refractivity contribution >= 4 is 44.4 Å². The van der Waals surface area contributed by atoms with Crippen molar-refractivity contribution in [2.45, 2.75) is 18.9 Å². The highest BCUT2D eigenvalue weighted by Gasteiger charge is 2.38. The fourth-order valence-electron chi connectivity index (χ4n) is 11.0. The molecule has 3 heteroatoms. The summed E-state index contributed by atoms with van der Waals surface area (Å²) >= 11 is 0. The van der Waals surface area contributed by atoms with E-state index in [0.29, 0.717) is 0 Å². The summed E-state index contributed by atoms with van der Waals surface area (Å²) in [6.07, 6.45) is 13.2. The van der Waals surface area contributed by atoms with Gasteiger partial charge in [-0.1, -0.05) is 194 Å². The Kier molecular flexibility index (Phi) is 10.1. The molecule has 328 valence electrons. The zero-order valence-electron chi connectivity index (χ0n) is 38.1. The van der Waals surface area contributed by atoms with Crippen LogP contribution in [0.4, 0.5) is 17.1 Å². The lowest BCUT2D eigenvalue weighted by atomic mass is 9.85. The second-order valence-electron chi connectivity index (χ2n) is 18.2. The summed E-state index contributed by atoms with van der Waals surface area (Å²) in [4.78, 5) is 2.42. The van der Waals surface area contributed by atoms with Crippen molar-refractivity contribution in [3.8, 4) is 50.2 Å². The van der Waals surface area contributed by atoms with Crippen LogP contribution in [0.15, 0.2) is 266 Å². The van der Waals surface area contributed by atoms with E-state index < -0.39 is 0 Å². The van der Waals surface area contributed by atoms with Crippen molar-refractivity contribution in [3.63, 3.8) is 0 Å². The first-order valence-corrected chi connectivity index (χ1v) is 24.1. The number of ether oxygens (including phenoxy) is 1. The van der Waals surface area contributed by atoms with Crippen LogP contribution >= 0.6 is 0 Å². The van der Waals surface area contributed by atoms with Gasteiger partial charge in [0.25, 0.3) is 0 Å². The maximum Gasteiger partial charge on any atom is 0.128 e. The van der Waals surface area contributed by atoms with E-state index in [4.69, 9.17) is 4.74 Å². The molecule has 0 radical (unpaired) electrons. The fourth-order valence-corrected chi connectivity index (χ4v) is 11.0. The number of aromatic nitrogens is 1. The maximum absolute atomic E-state index is 6.66. The summed E-state index contributed by atoms with van der Waals surface area (Å²) in [6, 6.07) is 81.9. The minimum absolute atomic E-state index is 0.0704. The Bertz CT molecular complexity index is 3630. The van der Waals surface area contributed by atoms with Crippen LogP contribution in [-0.4, -0.2) is 10.7 Å². The number of fused-ring (bicyclic) bond motifs is 6. The summed E-state index contributed by atoms with van der Waals surface area (Å²) in [5, 5.41) is 2.51. The number of nitrogens with zero attached hydrogens (tertiary/aromatic N) is 2. The first-order valence-electron chi connectivity index (χ1n) is 24.1. The van der Waals surface area contributed by atoms with Crippen LogP contribution < -0.4 is 4.90 Å². The summed E-state index contributed by atoms with van der Waals surface area (Å²) in [5.41, 5.74) is 20.1. The van der Waals surface area contributed by atoms with E-state index in [1.165, 1.54) is 66.3 Å². The molecule has 0 saturated carbocycles. The Morgan fingerprint density at radius 1 is 0.435 bits per heavy atom. The number of anilines is 3. The van der Waals surface area contributed by atoms with Gasteiger partial charge in [-0.3, -0.25) is 0 Å². The van der Waals surface area contributed by atoms with Gasteiger partial charge < -0.3 is 14.2 Å². The zero-order valence-corrected chi connectivity index (χ0v) is 38.1. The van der Waals surface area contributed by atoms with Gasteiger partial charge in [0.05, 0.1) is 22.4 Å². The molecule has 2 unspecified atom stereocenters. The molecule has 2 aliphatic carbocycles. The highest BCUT2D eigenvalue weighted by atomic mass is 16.5. The van der Waals surface area contributed by atoms with E-state index in [9.17, 15) is 0 Å². The molecule has 0 bridgehead atoms. The smallest absolute Gasteiger partial charge is 0.128 e. The van der Waals surface area contributed by atoms with Crippen LogP contribution in [0.5, 0.6) is 0 Å². The molecule has 69 heavy (non-hydrogen) atoms. The highest BCUT2D eigenvalue weighted by molar-refractivity contribution is 6.09. The first kappa shape index (κ1) is 40.6. The van der Waals surface area contributed by atoms with Crippen molar-refractivity contribution in [3.05, 3.63) is 272 Å². The minimum atomic E-state index is 0.0704. The Hall–Kier alpha value is -8.66. The van der Waals surface area contributed by atoms with Gasteiger partial charge in [0.15, 0.2) is 0 Å². The monoisotopic (exact) mass is 884 g/mol. The van der Waals surface area contributed by atoms with E-state index >= 15 is 0 Å². The van der Waals surface area contributed by atoms with Crippen molar-refractivity contribution in [2.24, 2.45) is 5.92 Å². The molecule has 3 aliphatic rings. The first-order chi connectivity index (χ1) is 34.2. The second kappa shape index (κ2) is 17.2. The van der Waals surface area contributed by atoms with E-state index in [2.05, 4.69) is 264 Å². The van der Waals surface area contributed by atoms with Crippen LogP contribution in [0.3, 0.4) is 0 Å². The molecular weight excluding hydrogens is 837 g/mol. The predicted octanol–water partition coefficient (Wildman–Crippen LogP) is 17.5. The average Bonchev–Trinajstić information content (AvgIpc) is 3.98. The van der Waals surface area contributed by atoms with E-state index in [0.717, 1.165) is 58.0 Å². The van der Waals surface area contributed by atoms with Gasteiger partial charge in [0.2, 0.25) is 0 Å². The molecule has 1 aromatic heterocycles. The van der Waals surface area contributed by atoms with Gasteiger partial charge in [0, 0.05) is 50.3 Å². The van der Waals surface area contributed by atoms with Crippen molar-refractivity contribution in [1.82, 2.24) is 4.57 Å². The molecule has 1 saturated heterocycles.